The number of hydrogen-bond acceptors (Lipinski definition) is 4. The first-order valence-corrected chi connectivity index (χ1v) is 13.3. The molecule has 1 aliphatic heterocycles. The smallest absolute Gasteiger partial charge is 0.258 e. The minimum atomic E-state index is -0.305. The molecule has 0 saturated carbocycles. The van der Waals surface area contributed by atoms with Gasteiger partial charge in [-0.15, -0.1) is 0 Å². The van der Waals surface area contributed by atoms with E-state index < -0.39 is 0 Å². The van der Waals surface area contributed by atoms with Crippen LogP contribution in [0.4, 0.5) is 11.4 Å². The van der Waals surface area contributed by atoms with Gasteiger partial charge in [-0.2, -0.15) is 5.10 Å². The van der Waals surface area contributed by atoms with E-state index in [1.807, 2.05) is 36.1 Å². The first-order chi connectivity index (χ1) is 18.4. The third-order valence-corrected chi connectivity index (χ3v) is 7.42. The number of halogens is 2. The summed E-state index contributed by atoms with van der Waals surface area (Å²) in [5.74, 6) is -0.388. The fourth-order valence-electron chi connectivity index (χ4n) is 4.98. The maximum atomic E-state index is 14.1. The van der Waals surface area contributed by atoms with Gasteiger partial charge in [0.2, 0.25) is 0 Å². The van der Waals surface area contributed by atoms with Gasteiger partial charge in [0.25, 0.3) is 11.8 Å². The molecular weight excluding hydrogens is 521 g/mol. The third kappa shape index (κ3) is 5.59. The van der Waals surface area contributed by atoms with Crippen molar-refractivity contribution in [2.24, 2.45) is 0 Å². The Morgan fingerprint density at radius 3 is 2.66 bits per heavy atom. The molecule has 0 saturated heterocycles. The zero-order chi connectivity index (χ0) is 26.6. The summed E-state index contributed by atoms with van der Waals surface area (Å²) in [6.07, 6.45) is 6.61. The second-order valence-electron chi connectivity index (χ2n) is 9.41. The molecule has 0 aliphatic carbocycles. The molecule has 0 fully saturated rings. The van der Waals surface area contributed by atoms with Gasteiger partial charge in [0.1, 0.15) is 12.7 Å². The lowest BCUT2D eigenvalue weighted by atomic mass is 10.0. The molecule has 194 valence electrons. The molecule has 1 aromatic heterocycles. The van der Waals surface area contributed by atoms with E-state index >= 15 is 0 Å². The summed E-state index contributed by atoms with van der Waals surface area (Å²) < 4.78 is 1.79. The summed E-state index contributed by atoms with van der Waals surface area (Å²) in [6.45, 7) is 2.53. The normalized spacial score (nSPS) is 15.0. The first kappa shape index (κ1) is 25.9. The van der Waals surface area contributed by atoms with Crippen LogP contribution in [-0.2, 0) is 13.0 Å². The van der Waals surface area contributed by atoms with Crippen LogP contribution in [-0.4, -0.2) is 32.6 Å². The van der Waals surface area contributed by atoms with Crippen LogP contribution in [0, 0.1) is 6.92 Å². The predicted molar refractivity (Wildman–Crippen MR) is 150 cm³/mol. The van der Waals surface area contributed by atoms with Crippen molar-refractivity contribution in [3.05, 3.63) is 106 Å². The minimum Gasteiger partial charge on any atom is -0.322 e. The number of carbonyl (C=O) groups is 2. The summed E-state index contributed by atoms with van der Waals surface area (Å²) in [7, 11) is 0. The summed E-state index contributed by atoms with van der Waals surface area (Å²) in [5, 5.41) is 8.15. The molecule has 1 unspecified atom stereocenters. The van der Waals surface area contributed by atoms with Crippen LogP contribution in [0.15, 0.2) is 73.3 Å². The number of fused-ring (bicyclic) bond motifs is 1. The fourth-order valence-corrected chi connectivity index (χ4v) is 5.39. The van der Waals surface area contributed by atoms with Gasteiger partial charge in [-0.25, -0.2) is 4.98 Å². The highest BCUT2D eigenvalue weighted by molar-refractivity contribution is 6.34. The van der Waals surface area contributed by atoms with E-state index in [4.69, 9.17) is 23.2 Å². The Labute approximate surface area is 231 Å². The molecule has 9 heteroatoms. The van der Waals surface area contributed by atoms with Crippen molar-refractivity contribution in [1.29, 1.82) is 0 Å². The van der Waals surface area contributed by atoms with Crippen molar-refractivity contribution in [1.82, 2.24) is 14.8 Å². The van der Waals surface area contributed by atoms with Gasteiger partial charge in [-0.05, 0) is 92.3 Å². The van der Waals surface area contributed by atoms with Crippen molar-refractivity contribution < 1.29 is 9.59 Å². The predicted octanol–water partition coefficient (Wildman–Crippen LogP) is 6.59. The molecule has 2 heterocycles. The zero-order valence-electron chi connectivity index (χ0n) is 20.9. The second kappa shape index (κ2) is 11.4. The molecule has 5 rings (SSSR count). The molecule has 4 aromatic rings. The van der Waals surface area contributed by atoms with Crippen LogP contribution in [0.25, 0.3) is 0 Å². The van der Waals surface area contributed by atoms with Crippen molar-refractivity contribution >= 4 is 46.4 Å². The average Bonchev–Trinajstić information content (AvgIpc) is 3.35. The first-order valence-electron chi connectivity index (χ1n) is 12.5. The maximum absolute atomic E-state index is 14.1. The van der Waals surface area contributed by atoms with Crippen LogP contribution in [0.5, 0.6) is 0 Å². The number of rotatable bonds is 6. The Balaban J connectivity index is 1.43. The monoisotopic (exact) mass is 547 g/mol. The molecule has 38 heavy (non-hydrogen) atoms. The SMILES string of the molecule is Cc1cc(NC(=O)c2ccccc2Cl)ccc1C(=O)N1c2ccc(Cl)cc2CCCC1CCn1cncn1. The molecule has 2 amide bonds. The Morgan fingerprint density at radius 1 is 1.05 bits per heavy atom. The van der Waals surface area contributed by atoms with E-state index in [-0.39, 0.29) is 17.9 Å². The maximum Gasteiger partial charge on any atom is 0.258 e. The number of anilines is 2. The van der Waals surface area contributed by atoms with Gasteiger partial charge in [0.15, 0.2) is 0 Å². The number of nitrogens with zero attached hydrogens (tertiary/aromatic N) is 4. The van der Waals surface area contributed by atoms with Crippen LogP contribution < -0.4 is 10.2 Å². The summed E-state index contributed by atoms with van der Waals surface area (Å²) in [4.78, 5) is 32.8. The highest BCUT2D eigenvalue weighted by atomic mass is 35.5. The number of amides is 2. The molecule has 0 spiro atoms. The molecule has 1 aliphatic rings. The zero-order valence-corrected chi connectivity index (χ0v) is 22.4. The fraction of sp³-hybridized carbons (Fsp3) is 0.241. The van der Waals surface area contributed by atoms with Crippen molar-refractivity contribution in [2.75, 3.05) is 10.2 Å². The highest BCUT2D eigenvalue weighted by Crippen LogP contribution is 2.35. The number of carbonyl (C=O) groups excluding carboxylic acids is 2. The number of aryl methyl sites for hydroxylation is 3. The van der Waals surface area contributed by atoms with Crippen LogP contribution in [0.3, 0.4) is 0 Å². The second-order valence-corrected chi connectivity index (χ2v) is 10.2. The highest BCUT2D eigenvalue weighted by Gasteiger charge is 2.31. The number of hydrogen-bond donors (Lipinski definition) is 1. The van der Waals surface area contributed by atoms with Crippen molar-refractivity contribution in [2.45, 2.75) is 45.2 Å². The molecule has 7 nitrogen and oxygen atoms in total. The molecule has 0 bridgehead atoms. The number of aromatic nitrogens is 3. The van der Waals surface area contributed by atoms with E-state index in [1.165, 1.54) is 6.33 Å². The largest absolute Gasteiger partial charge is 0.322 e. The van der Waals surface area contributed by atoms with Gasteiger partial charge in [0, 0.05) is 34.5 Å². The van der Waals surface area contributed by atoms with Gasteiger partial charge < -0.3 is 10.2 Å². The molecule has 0 radical (unpaired) electrons. The van der Waals surface area contributed by atoms with Gasteiger partial charge in [0.05, 0.1) is 10.6 Å². The minimum absolute atomic E-state index is 0.0203. The molecule has 3 aromatic carbocycles. The molecule has 1 N–H and O–H groups in total. The summed E-state index contributed by atoms with van der Waals surface area (Å²) >= 11 is 12.5. The molecule has 1 atom stereocenters. The Hall–Kier alpha value is -3.68. The van der Waals surface area contributed by atoms with E-state index in [0.29, 0.717) is 33.4 Å². The van der Waals surface area contributed by atoms with Gasteiger partial charge in [-0.1, -0.05) is 35.3 Å². The van der Waals surface area contributed by atoms with Crippen molar-refractivity contribution in [3.63, 3.8) is 0 Å². The number of benzene rings is 3. The Bertz CT molecular complexity index is 1470. The molecular formula is C29H27Cl2N5O2. The lowest BCUT2D eigenvalue weighted by Gasteiger charge is -2.32. The van der Waals surface area contributed by atoms with E-state index in [2.05, 4.69) is 15.4 Å². The topological polar surface area (TPSA) is 80.1 Å². The number of nitrogens with one attached hydrogen (secondary N) is 1. The van der Waals surface area contributed by atoms with Crippen LogP contribution in [0.2, 0.25) is 10.0 Å². The average molecular weight is 548 g/mol. The lowest BCUT2D eigenvalue weighted by Crippen LogP contribution is -2.41. The van der Waals surface area contributed by atoms with Crippen LogP contribution >= 0.6 is 23.2 Å². The van der Waals surface area contributed by atoms with E-state index in [0.717, 1.165) is 42.5 Å². The van der Waals surface area contributed by atoms with Crippen molar-refractivity contribution in [3.8, 4) is 0 Å². The lowest BCUT2D eigenvalue weighted by molar-refractivity contribution is 0.0972. The third-order valence-electron chi connectivity index (χ3n) is 6.86. The van der Waals surface area contributed by atoms with Gasteiger partial charge >= 0.3 is 0 Å². The van der Waals surface area contributed by atoms with Gasteiger partial charge in [-0.3, -0.25) is 14.3 Å². The quantitative estimate of drug-likeness (QED) is 0.295. The van der Waals surface area contributed by atoms with E-state index in [9.17, 15) is 9.59 Å². The van der Waals surface area contributed by atoms with E-state index in [1.54, 1.807) is 47.4 Å². The summed E-state index contributed by atoms with van der Waals surface area (Å²) in [6, 6.07) is 17.9. The standard InChI is InChI=1S/C29H27Cl2N5O2/c1-19-15-22(34-28(37)25-7-2-3-8-26(25)31)10-11-24(19)29(38)36-23(13-14-35-18-32-17-33-35)6-4-5-20-16-21(30)9-12-27(20)36/h2-3,7-12,15-18,23H,4-6,13-14H2,1H3,(H,34,37). The van der Waals surface area contributed by atoms with Crippen LogP contribution in [0.1, 0.15) is 51.1 Å². The summed E-state index contributed by atoms with van der Waals surface area (Å²) in [5.41, 5.74) is 4.28. The Kier molecular flexibility index (Phi) is 7.77. The Morgan fingerprint density at radius 2 is 1.89 bits per heavy atom.